The smallest absolute Gasteiger partial charge is 0.326 e. The Kier molecular flexibility index (Phi) is 5.64. The number of aromatic nitrogens is 1. The van der Waals surface area contributed by atoms with Gasteiger partial charge >= 0.3 is 11.9 Å². The number of carbonyl (C=O) groups is 3. The molecule has 0 fully saturated rings. The lowest BCUT2D eigenvalue weighted by atomic mass is 10.1. The van der Waals surface area contributed by atoms with E-state index in [1.165, 1.54) is 31.2 Å². The minimum Gasteiger partial charge on any atom is -0.480 e. The lowest BCUT2D eigenvalue weighted by molar-refractivity contribution is -0.139. The quantitative estimate of drug-likeness (QED) is 0.504. The normalized spacial score (nSPS) is 11.6. The first-order valence-electron chi connectivity index (χ1n) is 8.59. The van der Waals surface area contributed by atoms with Crippen molar-refractivity contribution in [3.8, 4) is 5.75 Å². The summed E-state index contributed by atoms with van der Waals surface area (Å²) in [5.74, 6) is -1.85. The van der Waals surface area contributed by atoms with Crippen LogP contribution >= 0.6 is 0 Å². The van der Waals surface area contributed by atoms with Crippen LogP contribution in [0.15, 0.2) is 60.7 Å². The molecule has 0 aliphatic carbocycles. The molecule has 2 N–H and O–H groups in total. The Balaban J connectivity index is 1.72. The summed E-state index contributed by atoms with van der Waals surface area (Å²) in [6, 6.07) is 15.9. The van der Waals surface area contributed by atoms with Crippen LogP contribution in [0.4, 0.5) is 0 Å². The van der Waals surface area contributed by atoms with Gasteiger partial charge in [0.15, 0.2) is 0 Å². The molecule has 0 aliphatic heterocycles. The number of hydrogen-bond acceptors (Lipinski definition) is 5. The summed E-state index contributed by atoms with van der Waals surface area (Å²) >= 11 is 0. The number of nitrogens with zero attached hydrogens (tertiary/aromatic N) is 1. The van der Waals surface area contributed by atoms with Gasteiger partial charge in [0.2, 0.25) is 0 Å². The van der Waals surface area contributed by atoms with E-state index in [0.29, 0.717) is 11.4 Å². The summed E-state index contributed by atoms with van der Waals surface area (Å²) in [6.45, 7) is 1.28. The summed E-state index contributed by atoms with van der Waals surface area (Å²) in [6.07, 6.45) is 0.0530. The van der Waals surface area contributed by atoms with Gasteiger partial charge in [-0.3, -0.25) is 14.6 Å². The zero-order chi connectivity index (χ0) is 20.1. The van der Waals surface area contributed by atoms with E-state index in [2.05, 4.69) is 10.3 Å². The fourth-order valence-corrected chi connectivity index (χ4v) is 2.71. The number of benzene rings is 2. The predicted octanol–water partition coefficient (Wildman–Crippen LogP) is 2.59. The summed E-state index contributed by atoms with van der Waals surface area (Å²) in [5.41, 5.74) is 1.58. The lowest BCUT2D eigenvalue weighted by Crippen LogP contribution is -2.42. The van der Waals surface area contributed by atoms with E-state index in [9.17, 15) is 19.5 Å². The van der Waals surface area contributed by atoms with Crippen molar-refractivity contribution in [1.29, 1.82) is 0 Å². The first kappa shape index (κ1) is 19.0. The van der Waals surface area contributed by atoms with Gasteiger partial charge < -0.3 is 15.2 Å². The molecule has 28 heavy (non-hydrogen) atoms. The van der Waals surface area contributed by atoms with Crippen molar-refractivity contribution in [3.63, 3.8) is 0 Å². The number of carboxylic acids is 1. The number of fused-ring (bicyclic) bond motifs is 1. The van der Waals surface area contributed by atoms with Gasteiger partial charge in [0.25, 0.3) is 5.91 Å². The Morgan fingerprint density at radius 2 is 1.75 bits per heavy atom. The number of ether oxygens (including phenoxy) is 1. The fourth-order valence-electron chi connectivity index (χ4n) is 2.71. The Labute approximate surface area is 161 Å². The Hall–Kier alpha value is -3.74. The number of nitrogens with one attached hydrogen (secondary N) is 1. The molecule has 0 saturated carbocycles. The van der Waals surface area contributed by atoms with E-state index >= 15 is 0 Å². The predicted molar refractivity (Wildman–Crippen MR) is 102 cm³/mol. The van der Waals surface area contributed by atoms with Crippen molar-refractivity contribution in [3.05, 3.63) is 71.9 Å². The molecule has 1 atom stereocenters. The minimum atomic E-state index is -1.15. The highest BCUT2D eigenvalue weighted by molar-refractivity contribution is 5.96. The van der Waals surface area contributed by atoms with E-state index in [-0.39, 0.29) is 12.0 Å². The fraction of sp³-hybridized carbons (Fsp3) is 0.143. The topological polar surface area (TPSA) is 106 Å². The molecule has 0 aliphatic rings. The molecule has 2 aromatic carbocycles. The van der Waals surface area contributed by atoms with Crippen molar-refractivity contribution in [2.75, 3.05) is 0 Å². The molecule has 7 heteroatoms. The minimum absolute atomic E-state index is 0.0530. The molecule has 3 rings (SSSR count). The molecule has 0 unspecified atom stereocenters. The number of aliphatic carboxylic acids is 1. The first-order chi connectivity index (χ1) is 13.4. The molecule has 7 nitrogen and oxygen atoms in total. The molecular weight excluding hydrogens is 360 g/mol. The van der Waals surface area contributed by atoms with Crippen LogP contribution in [0.1, 0.15) is 23.0 Å². The molecule has 0 spiro atoms. The van der Waals surface area contributed by atoms with Crippen LogP contribution in [0, 0.1) is 0 Å². The van der Waals surface area contributed by atoms with Gasteiger partial charge in [-0.1, -0.05) is 24.3 Å². The summed E-state index contributed by atoms with van der Waals surface area (Å²) < 4.78 is 4.91. The summed E-state index contributed by atoms with van der Waals surface area (Å²) in [4.78, 5) is 39.4. The van der Waals surface area contributed by atoms with E-state index in [0.717, 1.165) is 10.9 Å². The van der Waals surface area contributed by atoms with Crippen LogP contribution in [0.3, 0.4) is 0 Å². The number of esters is 1. The van der Waals surface area contributed by atoms with Crippen LogP contribution in [0.25, 0.3) is 10.9 Å². The molecule has 1 amide bonds. The average Bonchev–Trinajstić information content (AvgIpc) is 2.67. The molecule has 1 heterocycles. The van der Waals surface area contributed by atoms with Crippen molar-refractivity contribution < 1.29 is 24.2 Å². The zero-order valence-corrected chi connectivity index (χ0v) is 15.1. The second kappa shape index (κ2) is 8.30. The molecular formula is C21H18N2O5. The van der Waals surface area contributed by atoms with Crippen LogP contribution in [-0.4, -0.2) is 34.0 Å². The average molecular weight is 378 g/mol. The molecule has 3 aromatic rings. The van der Waals surface area contributed by atoms with Crippen LogP contribution in [0.2, 0.25) is 0 Å². The second-order valence-electron chi connectivity index (χ2n) is 6.18. The Bertz CT molecular complexity index is 1030. The maximum Gasteiger partial charge on any atom is 0.326 e. The Morgan fingerprint density at radius 3 is 2.43 bits per heavy atom. The molecule has 142 valence electrons. The third kappa shape index (κ3) is 4.70. The van der Waals surface area contributed by atoms with Crippen LogP contribution in [0.5, 0.6) is 5.75 Å². The maximum absolute atomic E-state index is 12.4. The highest BCUT2D eigenvalue weighted by Crippen LogP contribution is 2.14. The van der Waals surface area contributed by atoms with Gasteiger partial charge in [-0.25, -0.2) is 4.79 Å². The van der Waals surface area contributed by atoms with E-state index < -0.39 is 23.9 Å². The number of amides is 1. The van der Waals surface area contributed by atoms with Gasteiger partial charge in [-0.2, -0.15) is 0 Å². The van der Waals surface area contributed by atoms with Gasteiger partial charge in [0.1, 0.15) is 11.8 Å². The van der Waals surface area contributed by atoms with Crippen LogP contribution in [-0.2, 0) is 16.0 Å². The van der Waals surface area contributed by atoms with Gasteiger partial charge in [-0.15, -0.1) is 0 Å². The van der Waals surface area contributed by atoms with Gasteiger partial charge in [0, 0.05) is 30.0 Å². The number of carbonyl (C=O) groups excluding carboxylic acids is 2. The van der Waals surface area contributed by atoms with Crippen molar-refractivity contribution in [1.82, 2.24) is 10.3 Å². The Morgan fingerprint density at radius 1 is 1.04 bits per heavy atom. The number of pyridine rings is 1. The van der Waals surface area contributed by atoms with Crippen molar-refractivity contribution >= 4 is 28.7 Å². The van der Waals surface area contributed by atoms with Crippen molar-refractivity contribution in [2.24, 2.45) is 0 Å². The molecule has 0 saturated heterocycles. The third-order valence-corrected chi connectivity index (χ3v) is 4.05. The highest BCUT2D eigenvalue weighted by Gasteiger charge is 2.22. The molecule has 0 bridgehead atoms. The number of rotatable bonds is 6. The highest BCUT2D eigenvalue weighted by atomic mass is 16.5. The van der Waals surface area contributed by atoms with E-state index in [4.69, 9.17) is 4.74 Å². The number of hydrogen-bond donors (Lipinski definition) is 2. The second-order valence-corrected chi connectivity index (χ2v) is 6.18. The monoisotopic (exact) mass is 378 g/mol. The van der Waals surface area contributed by atoms with E-state index in [1.54, 1.807) is 6.07 Å². The molecule has 0 radical (unpaired) electrons. The number of para-hydroxylation sites is 1. The van der Waals surface area contributed by atoms with Gasteiger partial charge in [-0.05, 0) is 36.4 Å². The standard InChI is InChI=1S/C21H18N2O5/c1-13(24)28-17-10-7-15(8-11-17)20(25)23-19(21(26)27)12-16-9-6-14-4-2-3-5-18(14)22-16/h2-11,19H,12H2,1H3,(H,23,25)(H,26,27)/t19-/m0/s1. The zero-order valence-electron chi connectivity index (χ0n) is 15.1. The van der Waals surface area contributed by atoms with Crippen LogP contribution < -0.4 is 10.1 Å². The third-order valence-electron chi connectivity index (χ3n) is 4.05. The first-order valence-corrected chi connectivity index (χ1v) is 8.59. The largest absolute Gasteiger partial charge is 0.480 e. The molecule has 1 aromatic heterocycles. The van der Waals surface area contributed by atoms with Gasteiger partial charge in [0.05, 0.1) is 5.52 Å². The number of carboxylic acid groups (broad SMARTS) is 1. The lowest BCUT2D eigenvalue weighted by Gasteiger charge is -2.15. The summed E-state index contributed by atoms with van der Waals surface area (Å²) in [7, 11) is 0. The maximum atomic E-state index is 12.4. The van der Waals surface area contributed by atoms with Crippen molar-refractivity contribution in [2.45, 2.75) is 19.4 Å². The SMILES string of the molecule is CC(=O)Oc1ccc(C(=O)N[C@@H](Cc2ccc3ccccc3n2)C(=O)O)cc1. The van der Waals surface area contributed by atoms with E-state index in [1.807, 2.05) is 30.3 Å². The summed E-state index contributed by atoms with van der Waals surface area (Å²) in [5, 5.41) is 12.9.